The molecule has 8 nitrogen and oxygen atoms in total. The van der Waals surface area contributed by atoms with Crippen molar-refractivity contribution in [1.82, 2.24) is 5.32 Å². The van der Waals surface area contributed by atoms with Gasteiger partial charge in [0.2, 0.25) is 12.2 Å². The first-order valence-electron chi connectivity index (χ1n) is 14.6. The van der Waals surface area contributed by atoms with E-state index < -0.39 is 130 Å². The maximum Gasteiger partial charge on any atom is 0.460 e. The Hall–Kier alpha value is -5.11. The summed E-state index contributed by atoms with van der Waals surface area (Å²) in [6.45, 7) is -0.753. The van der Waals surface area contributed by atoms with Gasteiger partial charge in [0.25, 0.3) is 5.91 Å². The van der Waals surface area contributed by atoms with Gasteiger partial charge in [-0.15, -0.1) is 0 Å². The fourth-order valence-electron chi connectivity index (χ4n) is 4.45. The topological polar surface area (TPSA) is 114 Å². The molecule has 1 amide bonds. The first-order chi connectivity index (χ1) is 27.9. The number of alkyl halides is 29. The van der Waals surface area contributed by atoms with Crippen molar-refractivity contribution < 1.29 is 151 Å². The van der Waals surface area contributed by atoms with Gasteiger partial charge in [-0.25, -0.2) is 9.59 Å². The first kappa shape index (κ1) is 56.9. The number of hydrogen-bond acceptors (Lipinski definition) is 7. The fraction of sp³-hybridized carbons (Fsp3) is 0.630. The summed E-state index contributed by atoms with van der Waals surface area (Å²) in [4.78, 5) is 50.0. The van der Waals surface area contributed by atoms with Crippen molar-refractivity contribution in [3.05, 3.63) is 22.8 Å². The number of hydrogen-bond donors (Lipinski definition) is 1. The third-order valence-electron chi connectivity index (χ3n) is 7.93. The zero-order valence-electron chi connectivity index (χ0n) is 29.2. The largest absolute Gasteiger partial charge is 0.460 e. The van der Waals surface area contributed by atoms with Gasteiger partial charge < -0.3 is 10.1 Å². The van der Waals surface area contributed by atoms with Gasteiger partial charge in [0.15, 0.2) is 6.73 Å². The molecule has 0 aliphatic rings. The number of benzene rings is 1. The van der Waals surface area contributed by atoms with Crippen molar-refractivity contribution in [2.45, 2.75) is 97.0 Å². The van der Waals surface area contributed by atoms with Crippen LogP contribution < -0.4 is 5.32 Å². The second kappa shape index (κ2) is 16.1. The van der Waals surface area contributed by atoms with E-state index in [4.69, 9.17) is 0 Å². The number of isocyanates is 2. The molecule has 64 heavy (non-hydrogen) atoms. The molecular formula is C27H10F29N3O5. The van der Waals surface area contributed by atoms with Crippen LogP contribution >= 0.6 is 0 Å². The Morgan fingerprint density at radius 1 is 0.516 bits per heavy atom. The number of ether oxygens (including phenoxy) is 1. The van der Waals surface area contributed by atoms with Crippen molar-refractivity contribution in [1.29, 1.82) is 0 Å². The smallest absolute Gasteiger partial charge is 0.445 e. The molecule has 0 aromatic heterocycles. The van der Waals surface area contributed by atoms with Crippen molar-refractivity contribution in [3.63, 3.8) is 0 Å². The SMILES string of the molecule is CC(=O)OCNC(=O)c1c(N=C=O)c(C)cc(N=C=O)c1C(F)(F)C(F)(F)C(F)(F)C(F)(F)C(F)(F)C(F)(F)C(F)(F)C(F)(F)C(F)(F)C(F)(F)C(F)(F)C(F)(F)C(F)(F)C(F)(F)F. The van der Waals surface area contributed by atoms with E-state index in [-0.39, 0.29) is 12.1 Å². The number of carbonyl (C=O) groups excluding carboxylic acids is 4. The van der Waals surface area contributed by atoms with E-state index in [9.17, 15) is 129 Å². The van der Waals surface area contributed by atoms with Crippen LogP contribution in [0.25, 0.3) is 0 Å². The van der Waals surface area contributed by atoms with E-state index in [0.717, 1.165) is 5.32 Å². The highest BCUT2D eigenvalue weighted by Gasteiger charge is 3.01. The zero-order chi connectivity index (χ0) is 51.7. The number of esters is 1. The molecule has 0 heterocycles. The van der Waals surface area contributed by atoms with Crippen molar-refractivity contribution in [2.75, 3.05) is 6.73 Å². The Labute approximate surface area is 329 Å². The second-order valence-electron chi connectivity index (χ2n) is 12.0. The average molecular weight is 1010 g/mol. The molecule has 0 saturated carbocycles. The molecule has 1 aromatic rings. The summed E-state index contributed by atoms with van der Waals surface area (Å²) in [6, 6.07) is -0.357. The predicted octanol–water partition coefficient (Wildman–Crippen LogP) is 10.5. The van der Waals surface area contributed by atoms with Gasteiger partial charge in [-0.2, -0.15) is 137 Å². The lowest BCUT2D eigenvalue weighted by Crippen LogP contribution is -2.79. The maximum atomic E-state index is 15.6. The number of rotatable bonds is 18. The number of nitrogens with one attached hydrogen (secondary N) is 1. The van der Waals surface area contributed by atoms with Crippen LogP contribution in [0.5, 0.6) is 0 Å². The van der Waals surface area contributed by atoms with Crippen LogP contribution in [0.1, 0.15) is 28.4 Å². The molecule has 0 saturated heterocycles. The van der Waals surface area contributed by atoms with E-state index in [1.165, 1.54) is 0 Å². The highest BCUT2D eigenvalue weighted by atomic mass is 19.4. The van der Waals surface area contributed by atoms with Gasteiger partial charge >= 0.3 is 89.1 Å². The average Bonchev–Trinajstić information content (AvgIpc) is 3.10. The van der Waals surface area contributed by atoms with Crippen LogP contribution in [0.2, 0.25) is 0 Å². The first-order valence-corrected chi connectivity index (χ1v) is 14.6. The normalized spacial score (nSPS) is 15.0. The lowest BCUT2D eigenvalue weighted by atomic mass is 9.82. The monoisotopic (exact) mass is 1010 g/mol. The molecule has 0 unspecified atom stereocenters. The third-order valence-corrected chi connectivity index (χ3v) is 7.93. The summed E-state index contributed by atoms with van der Waals surface area (Å²) in [5.74, 6) is -128. The van der Waals surface area contributed by atoms with Crippen LogP contribution in [-0.2, 0) is 25.0 Å². The van der Waals surface area contributed by atoms with Gasteiger partial charge in [-0.1, -0.05) is 0 Å². The Morgan fingerprint density at radius 3 is 1.09 bits per heavy atom. The minimum Gasteiger partial charge on any atom is -0.445 e. The van der Waals surface area contributed by atoms with E-state index in [1.807, 2.05) is 0 Å². The molecule has 0 spiro atoms. The van der Waals surface area contributed by atoms with E-state index >= 15 is 17.6 Å². The molecule has 1 N–H and O–H groups in total. The van der Waals surface area contributed by atoms with Gasteiger partial charge in [0.1, 0.15) is 0 Å². The number of aryl methyl sites for hydroxylation is 1. The highest BCUT2D eigenvalue weighted by Crippen LogP contribution is 2.69. The molecule has 1 rings (SSSR count). The van der Waals surface area contributed by atoms with Crippen molar-refractivity contribution in [2.24, 2.45) is 9.98 Å². The molecule has 366 valence electrons. The summed E-state index contributed by atoms with van der Waals surface area (Å²) in [7, 11) is 0. The van der Waals surface area contributed by atoms with Crippen LogP contribution in [0, 0.1) is 6.92 Å². The Morgan fingerprint density at radius 2 is 0.812 bits per heavy atom. The summed E-state index contributed by atoms with van der Waals surface area (Å²) < 4.78 is 412. The number of carbonyl (C=O) groups is 2. The summed E-state index contributed by atoms with van der Waals surface area (Å²) in [6.07, 6.45) is -7.88. The number of aliphatic imine (C=N–C) groups is 2. The van der Waals surface area contributed by atoms with E-state index in [1.54, 1.807) is 0 Å². The van der Waals surface area contributed by atoms with Crippen LogP contribution in [0.3, 0.4) is 0 Å². The van der Waals surface area contributed by atoms with Gasteiger partial charge in [0.05, 0.1) is 22.5 Å². The van der Waals surface area contributed by atoms with E-state index in [2.05, 4.69) is 14.7 Å². The van der Waals surface area contributed by atoms with Crippen molar-refractivity contribution in [3.8, 4) is 0 Å². The molecule has 1 aromatic carbocycles. The lowest BCUT2D eigenvalue weighted by Gasteiger charge is -2.46. The van der Waals surface area contributed by atoms with Gasteiger partial charge in [-0.05, 0) is 18.6 Å². The van der Waals surface area contributed by atoms with Gasteiger partial charge in [-0.3, -0.25) is 9.59 Å². The molecule has 37 heteroatoms. The highest BCUT2D eigenvalue weighted by molar-refractivity contribution is 6.03. The molecule has 0 fully saturated rings. The van der Waals surface area contributed by atoms with Crippen LogP contribution in [0.4, 0.5) is 139 Å². The number of nitrogens with zero attached hydrogens (tertiary/aromatic N) is 2. The molecular weight excluding hydrogens is 997 g/mol. The quantitative estimate of drug-likeness (QED) is 0.0517. The molecule has 0 aliphatic heterocycles. The fourth-order valence-corrected chi connectivity index (χ4v) is 4.45. The van der Waals surface area contributed by atoms with Crippen LogP contribution in [0.15, 0.2) is 16.1 Å². The number of halogens is 29. The summed E-state index contributed by atoms with van der Waals surface area (Å²) >= 11 is 0. The minimum atomic E-state index is -10.1. The molecule has 0 bridgehead atoms. The molecule has 0 atom stereocenters. The van der Waals surface area contributed by atoms with Crippen LogP contribution in [-0.4, -0.2) is 108 Å². The zero-order valence-corrected chi connectivity index (χ0v) is 29.2. The maximum absolute atomic E-state index is 15.6. The summed E-state index contributed by atoms with van der Waals surface area (Å²) in [5, 5.41) is 1.10. The Bertz CT molecular complexity index is 2080. The van der Waals surface area contributed by atoms with E-state index in [0.29, 0.717) is 19.9 Å². The Kier molecular flexibility index (Phi) is 14.3. The molecule has 0 aliphatic carbocycles. The predicted molar refractivity (Wildman–Crippen MR) is 140 cm³/mol. The minimum absolute atomic E-state index is 0.137. The molecule has 0 radical (unpaired) electrons. The third kappa shape index (κ3) is 7.50. The Balaban J connectivity index is 4.33. The second-order valence-corrected chi connectivity index (χ2v) is 12.0. The standard InChI is InChI=1S/C27H10F29N3O5/c1-7-3-9(57-4-60)11(10(12(7)58-5-61)13(63)59-6-64-8(2)62)14(28,29)15(30,31)16(32,33)17(34,35)18(36,37)19(38,39)20(40,41)21(42,43)22(44,45)23(46,47)24(48,49)25(50,51)26(52,53)27(54,55)56/h3H,6H2,1-2H3,(H,59,63). The van der Waals surface area contributed by atoms with Gasteiger partial charge in [0, 0.05) is 6.92 Å². The van der Waals surface area contributed by atoms with Crippen molar-refractivity contribution >= 4 is 35.4 Å². The number of amides is 1. The lowest BCUT2D eigenvalue weighted by molar-refractivity contribution is -0.487. The summed E-state index contributed by atoms with van der Waals surface area (Å²) in [5.41, 5.74) is -11.8.